The van der Waals surface area contributed by atoms with Gasteiger partial charge in [0.2, 0.25) is 0 Å². The van der Waals surface area contributed by atoms with E-state index in [2.05, 4.69) is 20.9 Å². The first-order valence-electron chi connectivity index (χ1n) is 8.13. The fourth-order valence-corrected chi connectivity index (χ4v) is 3.49. The maximum Gasteiger partial charge on any atom is 0.137 e. The summed E-state index contributed by atoms with van der Waals surface area (Å²) in [5.74, 6) is 0.711. The predicted molar refractivity (Wildman–Crippen MR) is 84.1 cm³/mol. The zero-order valence-corrected chi connectivity index (χ0v) is 12.5. The van der Waals surface area contributed by atoms with Crippen LogP contribution in [0.3, 0.4) is 0 Å². The number of hydrogen-bond donors (Lipinski definition) is 2. The molecule has 1 unspecified atom stereocenters. The van der Waals surface area contributed by atoms with Crippen molar-refractivity contribution in [3.8, 4) is 0 Å². The Morgan fingerprint density at radius 3 is 2.90 bits per heavy atom. The molecule has 0 bridgehead atoms. The van der Waals surface area contributed by atoms with Gasteiger partial charge in [0.15, 0.2) is 0 Å². The second kappa shape index (κ2) is 7.05. The van der Waals surface area contributed by atoms with Gasteiger partial charge in [-0.05, 0) is 37.3 Å². The van der Waals surface area contributed by atoms with Crippen LogP contribution >= 0.6 is 0 Å². The van der Waals surface area contributed by atoms with Crippen molar-refractivity contribution in [1.82, 2.24) is 14.7 Å². The van der Waals surface area contributed by atoms with Crippen molar-refractivity contribution >= 4 is 5.65 Å². The Kier molecular flexibility index (Phi) is 4.88. The van der Waals surface area contributed by atoms with Crippen LogP contribution in [0, 0.1) is 5.92 Å². The number of imidazole rings is 1. The summed E-state index contributed by atoms with van der Waals surface area (Å²) in [7, 11) is 0. The molecule has 0 saturated heterocycles. The molecule has 21 heavy (non-hydrogen) atoms. The van der Waals surface area contributed by atoms with E-state index < -0.39 is 0 Å². The number of fused-ring (bicyclic) bond motifs is 1. The molecule has 114 valence electrons. The molecule has 2 aromatic heterocycles. The fraction of sp³-hybridized carbons (Fsp3) is 0.588. The summed E-state index contributed by atoms with van der Waals surface area (Å²) >= 11 is 0. The first-order valence-corrected chi connectivity index (χ1v) is 8.13. The Morgan fingerprint density at radius 2 is 2.14 bits per heavy atom. The molecule has 4 heteroatoms. The molecule has 1 aliphatic carbocycles. The lowest BCUT2D eigenvalue weighted by atomic mass is 9.83. The summed E-state index contributed by atoms with van der Waals surface area (Å²) in [6.45, 7) is 1.04. The number of nitrogens with zero attached hydrogens (tertiary/aromatic N) is 2. The van der Waals surface area contributed by atoms with Gasteiger partial charge in [0.25, 0.3) is 0 Å². The van der Waals surface area contributed by atoms with Gasteiger partial charge in [0, 0.05) is 31.6 Å². The lowest BCUT2D eigenvalue weighted by Crippen LogP contribution is -2.37. The highest BCUT2D eigenvalue weighted by Crippen LogP contribution is 2.27. The minimum atomic E-state index is 0.263. The van der Waals surface area contributed by atoms with Crippen molar-refractivity contribution in [2.75, 3.05) is 6.61 Å². The normalized spacial score (nSPS) is 18.1. The Bertz CT molecular complexity index is 527. The van der Waals surface area contributed by atoms with Crippen LogP contribution in [0.2, 0.25) is 0 Å². The van der Waals surface area contributed by atoms with Crippen LogP contribution in [0.15, 0.2) is 30.6 Å². The SMILES string of the molecule is OCCC(NCc1cn2ccccc2n1)C1CCCCC1. The van der Waals surface area contributed by atoms with E-state index in [1.54, 1.807) is 0 Å². The summed E-state index contributed by atoms with van der Waals surface area (Å²) in [5.41, 5.74) is 2.06. The molecule has 0 aromatic carbocycles. The minimum absolute atomic E-state index is 0.263. The van der Waals surface area contributed by atoms with Gasteiger partial charge in [-0.3, -0.25) is 0 Å². The average molecular weight is 287 g/mol. The maximum atomic E-state index is 9.32. The van der Waals surface area contributed by atoms with E-state index in [-0.39, 0.29) is 6.61 Å². The highest BCUT2D eigenvalue weighted by atomic mass is 16.3. The first kappa shape index (κ1) is 14.5. The van der Waals surface area contributed by atoms with E-state index in [4.69, 9.17) is 0 Å². The number of aliphatic hydroxyl groups excluding tert-OH is 1. The van der Waals surface area contributed by atoms with Gasteiger partial charge in [-0.15, -0.1) is 0 Å². The Morgan fingerprint density at radius 1 is 1.29 bits per heavy atom. The molecule has 0 radical (unpaired) electrons. The summed E-state index contributed by atoms with van der Waals surface area (Å²) in [5, 5.41) is 13.0. The zero-order chi connectivity index (χ0) is 14.5. The summed E-state index contributed by atoms with van der Waals surface area (Å²) < 4.78 is 2.05. The smallest absolute Gasteiger partial charge is 0.137 e. The first-order chi connectivity index (χ1) is 10.4. The molecule has 1 saturated carbocycles. The molecule has 4 nitrogen and oxygen atoms in total. The third-order valence-corrected chi connectivity index (χ3v) is 4.62. The number of pyridine rings is 1. The summed E-state index contributed by atoms with van der Waals surface area (Å²) in [6.07, 6.45) is 11.6. The van der Waals surface area contributed by atoms with Gasteiger partial charge >= 0.3 is 0 Å². The number of rotatable bonds is 6. The van der Waals surface area contributed by atoms with E-state index >= 15 is 0 Å². The molecular weight excluding hydrogens is 262 g/mol. The van der Waals surface area contributed by atoms with E-state index in [1.807, 2.05) is 24.4 Å². The molecule has 1 aliphatic rings. The number of nitrogens with one attached hydrogen (secondary N) is 1. The molecule has 2 N–H and O–H groups in total. The van der Waals surface area contributed by atoms with E-state index in [0.717, 1.165) is 24.3 Å². The molecule has 1 fully saturated rings. The molecule has 2 aromatic rings. The van der Waals surface area contributed by atoms with E-state index in [9.17, 15) is 5.11 Å². The standard InChI is InChI=1S/C17H25N3O/c21-11-9-16(14-6-2-1-3-7-14)18-12-15-13-20-10-5-4-8-17(20)19-15/h4-5,8,10,13-14,16,18,21H,1-3,6-7,9,11-12H2. The van der Waals surface area contributed by atoms with Crippen LogP contribution in [-0.2, 0) is 6.54 Å². The van der Waals surface area contributed by atoms with Crippen molar-refractivity contribution in [1.29, 1.82) is 0 Å². The largest absolute Gasteiger partial charge is 0.396 e. The summed E-state index contributed by atoms with van der Waals surface area (Å²) in [6, 6.07) is 6.47. The maximum absolute atomic E-state index is 9.32. The summed E-state index contributed by atoms with van der Waals surface area (Å²) in [4.78, 5) is 4.63. The number of hydrogen-bond acceptors (Lipinski definition) is 3. The van der Waals surface area contributed by atoms with Crippen LogP contribution in [0.4, 0.5) is 0 Å². The van der Waals surface area contributed by atoms with Crippen LogP contribution in [0.5, 0.6) is 0 Å². The minimum Gasteiger partial charge on any atom is -0.396 e. The molecule has 0 aliphatic heterocycles. The number of aromatic nitrogens is 2. The van der Waals surface area contributed by atoms with Crippen LogP contribution in [-0.4, -0.2) is 27.1 Å². The van der Waals surface area contributed by atoms with Gasteiger partial charge in [-0.2, -0.15) is 0 Å². The number of aliphatic hydroxyl groups is 1. The Labute approximate surface area is 126 Å². The van der Waals surface area contributed by atoms with Crippen LogP contribution < -0.4 is 5.32 Å². The van der Waals surface area contributed by atoms with Gasteiger partial charge in [-0.1, -0.05) is 25.3 Å². The van der Waals surface area contributed by atoms with Crippen molar-refractivity contribution in [2.45, 2.75) is 51.1 Å². The van der Waals surface area contributed by atoms with Gasteiger partial charge in [-0.25, -0.2) is 4.98 Å². The highest BCUT2D eigenvalue weighted by Gasteiger charge is 2.22. The molecule has 3 rings (SSSR count). The molecule has 0 amide bonds. The van der Waals surface area contributed by atoms with Crippen molar-refractivity contribution < 1.29 is 5.11 Å². The van der Waals surface area contributed by atoms with E-state index in [0.29, 0.717) is 12.0 Å². The Balaban J connectivity index is 1.62. The average Bonchev–Trinajstić information content (AvgIpc) is 2.95. The molecule has 0 spiro atoms. The van der Waals surface area contributed by atoms with E-state index in [1.165, 1.54) is 32.1 Å². The second-order valence-electron chi connectivity index (χ2n) is 6.10. The Hall–Kier alpha value is -1.39. The third kappa shape index (κ3) is 3.63. The van der Waals surface area contributed by atoms with Crippen molar-refractivity contribution in [3.63, 3.8) is 0 Å². The second-order valence-corrected chi connectivity index (χ2v) is 6.10. The zero-order valence-electron chi connectivity index (χ0n) is 12.5. The molecular formula is C17H25N3O. The van der Waals surface area contributed by atoms with Crippen molar-refractivity contribution in [3.05, 3.63) is 36.3 Å². The lowest BCUT2D eigenvalue weighted by molar-refractivity contribution is 0.205. The predicted octanol–water partition coefficient (Wildman–Crippen LogP) is 2.76. The monoisotopic (exact) mass is 287 g/mol. The molecule has 2 heterocycles. The highest BCUT2D eigenvalue weighted by molar-refractivity contribution is 5.39. The quantitative estimate of drug-likeness (QED) is 0.859. The van der Waals surface area contributed by atoms with Gasteiger partial charge in [0.05, 0.1) is 5.69 Å². The third-order valence-electron chi connectivity index (χ3n) is 4.62. The fourth-order valence-electron chi connectivity index (χ4n) is 3.49. The van der Waals surface area contributed by atoms with Crippen LogP contribution in [0.1, 0.15) is 44.2 Å². The van der Waals surface area contributed by atoms with Gasteiger partial charge < -0.3 is 14.8 Å². The molecule has 1 atom stereocenters. The van der Waals surface area contributed by atoms with Crippen LogP contribution in [0.25, 0.3) is 5.65 Å². The topological polar surface area (TPSA) is 49.6 Å². The van der Waals surface area contributed by atoms with Crippen molar-refractivity contribution in [2.24, 2.45) is 5.92 Å². The lowest BCUT2D eigenvalue weighted by Gasteiger charge is -2.30. The van der Waals surface area contributed by atoms with Gasteiger partial charge in [0.1, 0.15) is 5.65 Å².